The van der Waals surface area contributed by atoms with Crippen molar-refractivity contribution in [1.29, 1.82) is 0 Å². The van der Waals surface area contributed by atoms with Gasteiger partial charge in [-0.15, -0.1) is 0 Å². The molecule has 0 N–H and O–H groups in total. The maximum absolute atomic E-state index is 12.5. The van der Waals surface area contributed by atoms with Crippen LogP contribution in [0.5, 0.6) is 0 Å². The number of carbonyl (C=O) groups excluding carboxylic acids is 1. The average molecular weight is 272 g/mol. The van der Waals surface area contributed by atoms with Gasteiger partial charge in [0.25, 0.3) is 0 Å². The summed E-state index contributed by atoms with van der Waals surface area (Å²) in [7, 11) is 4.00. The number of benzene rings is 1. The van der Waals surface area contributed by atoms with Crippen molar-refractivity contribution in [2.75, 3.05) is 27.2 Å². The molecule has 1 aromatic carbocycles. The van der Waals surface area contributed by atoms with E-state index in [2.05, 4.69) is 9.88 Å². The van der Waals surface area contributed by atoms with Crippen molar-refractivity contribution in [2.24, 2.45) is 0 Å². The molecule has 0 spiro atoms. The highest BCUT2D eigenvalue weighted by Crippen LogP contribution is 2.06. The van der Waals surface area contributed by atoms with Crippen LogP contribution in [-0.2, 0) is 6.54 Å². The lowest BCUT2D eigenvalue weighted by molar-refractivity contribution is 0.190. The van der Waals surface area contributed by atoms with Crippen LogP contribution in [0.25, 0.3) is 0 Å². The van der Waals surface area contributed by atoms with E-state index in [1.807, 2.05) is 49.3 Å². The van der Waals surface area contributed by atoms with Crippen molar-refractivity contribution in [1.82, 2.24) is 19.4 Å². The molecular weight excluding hydrogens is 252 g/mol. The first-order valence-corrected chi connectivity index (χ1v) is 6.62. The van der Waals surface area contributed by atoms with Crippen LogP contribution in [0, 0.1) is 0 Å². The number of imidazole rings is 1. The smallest absolute Gasteiger partial charge is 0.318 e. The Morgan fingerprint density at radius 3 is 2.55 bits per heavy atom. The molecule has 0 saturated carbocycles. The quantitative estimate of drug-likeness (QED) is 0.835. The number of amides is 1. The van der Waals surface area contributed by atoms with Crippen molar-refractivity contribution in [2.45, 2.75) is 6.54 Å². The molecule has 5 heteroatoms. The molecule has 0 aliphatic heterocycles. The summed E-state index contributed by atoms with van der Waals surface area (Å²) in [4.78, 5) is 20.3. The Hall–Kier alpha value is -2.14. The predicted octanol–water partition coefficient (Wildman–Crippen LogP) is 1.91. The number of rotatable bonds is 5. The Balaban J connectivity index is 2.10. The van der Waals surface area contributed by atoms with Crippen molar-refractivity contribution in [3.05, 3.63) is 54.6 Å². The molecule has 0 radical (unpaired) electrons. The topological polar surface area (TPSA) is 41.4 Å². The molecule has 0 saturated heterocycles. The van der Waals surface area contributed by atoms with Crippen molar-refractivity contribution in [3.8, 4) is 0 Å². The summed E-state index contributed by atoms with van der Waals surface area (Å²) in [6.07, 6.45) is 4.83. The number of carbonyl (C=O) groups is 1. The highest BCUT2D eigenvalue weighted by molar-refractivity contribution is 5.76. The van der Waals surface area contributed by atoms with Gasteiger partial charge in [-0.25, -0.2) is 9.78 Å². The Bertz CT molecular complexity index is 522. The van der Waals surface area contributed by atoms with Crippen LogP contribution in [0.15, 0.2) is 49.1 Å². The summed E-state index contributed by atoms with van der Waals surface area (Å²) in [6.45, 7) is 2.11. The summed E-state index contributed by atoms with van der Waals surface area (Å²) in [5.74, 6) is 0. The van der Waals surface area contributed by atoms with Gasteiger partial charge in [0.1, 0.15) is 6.33 Å². The first kappa shape index (κ1) is 14.3. The minimum absolute atomic E-state index is 0.0480. The molecule has 2 rings (SSSR count). The third kappa shape index (κ3) is 3.93. The zero-order valence-corrected chi connectivity index (χ0v) is 11.9. The molecule has 0 bridgehead atoms. The molecule has 0 unspecified atom stereocenters. The molecule has 1 heterocycles. The van der Waals surface area contributed by atoms with E-state index < -0.39 is 0 Å². The van der Waals surface area contributed by atoms with Crippen LogP contribution >= 0.6 is 0 Å². The Morgan fingerprint density at radius 1 is 1.20 bits per heavy atom. The second kappa shape index (κ2) is 6.86. The van der Waals surface area contributed by atoms with Crippen LogP contribution < -0.4 is 0 Å². The second-order valence-corrected chi connectivity index (χ2v) is 4.96. The molecule has 20 heavy (non-hydrogen) atoms. The standard InChI is InChI=1S/C15H20N4O/c1-17(2)10-11-18(12-14-6-4-3-5-7-14)15(20)19-9-8-16-13-19/h3-9,13H,10-12H2,1-2H3. The zero-order valence-electron chi connectivity index (χ0n) is 11.9. The summed E-state index contributed by atoms with van der Waals surface area (Å²) >= 11 is 0. The first-order chi connectivity index (χ1) is 9.66. The lowest BCUT2D eigenvalue weighted by atomic mass is 10.2. The van der Waals surface area contributed by atoms with Gasteiger partial charge in [-0.1, -0.05) is 30.3 Å². The number of hydrogen-bond acceptors (Lipinski definition) is 3. The van der Waals surface area contributed by atoms with Gasteiger partial charge in [0.05, 0.1) is 0 Å². The van der Waals surface area contributed by atoms with Crippen LogP contribution in [0.3, 0.4) is 0 Å². The van der Waals surface area contributed by atoms with Crippen LogP contribution in [0.1, 0.15) is 5.56 Å². The fourth-order valence-electron chi connectivity index (χ4n) is 1.90. The van der Waals surface area contributed by atoms with Gasteiger partial charge in [0.2, 0.25) is 0 Å². The van der Waals surface area contributed by atoms with Gasteiger partial charge in [-0.05, 0) is 19.7 Å². The van der Waals surface area contributed by atoms with E-state index in [0.29, 0.717) is 13.1 Å². The Labute approximate surface area is 119 Å². The van der Waals surface area contributed by atoms with E-state index in [0.717, 1.165) is 12.1 Å². The van der Waals surface area contributed by atoms with E-state index in [-0.39, 0.29) is 6.03 Å². The van der Waals surface area contributed by atoms with Crippen molar-refractivity contribution in [3.63, 3.8) is 0 Å². The van der Waals surface area contributed by atoms with Crippen LogP contribution in [-0.4, -0.2) is 52.6 Å². The lowest BCUT2D eigenvalue weighted by Gasteiger charge is -2.24. The molecule has 1 amide bonds. The normalized spacial score (nSPS) is 10.8. The van der Waals surface area contributed by atoms with Gasteiger partial charge < -0.3 is 9.80 Å². The largest absolute Gasteiger partial charge is 0.329 e. The summed E-state index contributed by atoms with van der Waals surface area (Å²) in [5, 5.41) is 0. The maximum atomic E-state index is 12.5. The molecule has 0 aliphatic rings. The van der Waals surface area contributed by atoms with E-state index >= 15 is 0 Å². The van der Waals surface area contributed by atoms with Crippen molar-refractivity contribution < 1.29 is 4.79 Å². The maximum Gasteiger partial charge on any atom is 0.329 e. The molecule has 106 valence electrons. The third-order valence-corrected chi connectivity index (χ3v) is 3.03. The van der Waals surface area contributed by atoms with Crippen molar-refractivity contribution >= 4 is 6.03 Å². The van der Waals surface area contributed by atoms with Gasteiger partial charge in [-0.3, -0.25) is 4.57 Å². The van der Waals surface area contributed by atoms with E-state index in [9.17, 15) is 4.79 Å². The highest BCUT2D eigenvalue weighted by atomic mass is 16.2. The molecule has 1 aromatic heterocycles. The highest BCUT2D eigenvalue weighted by Gasteiger charge is 2.15. The van der Waals surface area contributed by atoms with E-state index in [1.54, 1.807) is 12.4 Å². The third-order valence-electron chi connectivity index (χ3n) is 3.03. The zero-order chi connectivity index (χ0) is 14.4. The molecule has 0 atom stereocenters. The van der Waals surface area contributed by atoms with Crippen LogP contribution in [0.2, 0.25) is 0 Å². The molecule has 5 nitrogen and oxygen atoms in total. The van der Waals surface area contributed by atoms with E-state index in [1.165, 1.54) is 10.9 Å². The number of hydrogen-bond donors (Lipinski definition) is 0. The number of aromatic nitrogens is 2. The summed E-state index contributed by atoms with van der Waals surface area (Å²) < 4.78 is 1.51. The SMILES string of the molecule is CN(C)CCN(Cc1ccccc1)C(=O)n1ccnc1. The number of nitrogens with zero attached hydrogens (tertiary/aromatic N) is 4. The van der Waals surface area contributed by atoms with E-state index in [4.69, 9.17) is 0 Å². The molecule has 2 aromatic rings. The summed E-state index contributed by atoms with van der Waals surface area (Å²) in [5.41, 5.74) is 1.12. The minimum atomic E-state index is -0.0480. The molecule has 0 fully saturated rings. The Kier molecular flexibility index (Phi) is 4.90. The van der Waals surface area contributed by atoms with Gasteiger partial charge in [0.15, 0.2) is 0 Å². The fourth-order valence-corrected chi connectivity index (χ4v) is 1.90. The summed E-state index contributed by atoms with van der Waals surface area (Å²) in [6, 6.07) is 9.97. The van der Waals surface area contributed by atoms with Crippen LogP contribution in [0.4, 0.5) is 4.79 Å². The predicted molar refractivity (Wildman–Crippen MR) is 78.4 cm³/mol. The van der Waals surface area contributed by atoms with Gasteiger partial charge in [-0.2, -0.15) is 0 Å². The monoisotopic (exact) mass is 272 g/mol. The first-order valence-electron chi connectivity index (χ1n) is 6.62. The fraction of sp³-hybridized carbons (Fsp3) is 0.333. The van der Waals surface area contributed by atoms with Gasteiger partial charge in [0, 0.05) is 32.0 Å². The average Bonchev–Trinajstić information content (AvgIpc) is 2.97. The second-order valence-electron chi connectivity index (χ2n) is 4.96. The number of likely N-dealkylation sites (N-methyl/N-ethyl adjacent to an activating group) is 1. The molecular formula is C15H20N4O. The Morgan fingerprint density at radius 2 is 1.95 bits per heavy atom. The van der Waals surface area contributed by atoms with Gasteiger partial charge >= 0.3 is 6.03 Å². The lowest BCUT2D eigenvalue weighted by Crippen LogP contribution is -2.38. The minimum Gasteiger partial charge on any atom is -0.318 e. The molecule has 0 aliphatic carbocycles.